The summed E-state index contributed by atoms with van der Waals surface area (Å²) in [5.41, 5.74) is 11.9. The highest BCUT2D eigenvalue weighted by Crippen LogP contribution is 2.26. The summed E-state index contributed by atoms with van der Waals surface area (Å²) in [6, 6.07) is 10.1. The molecule has 6 heteroatoms. The number of nitrogens with two attached hydrogens (primary N) is 2. The van der Waals surface area contributed by atoms with Gasteiger partial charge in [0.2, 0.25) is 0 Å². The third-order valence-electron chi connectivity index (χ3n) is 1.93. The van der Waals surface area contributed by atoms with Crippen molar-refractivity contribution < 1.29 is 0 Å². The largest absolute Gasteiger partial charge is 0.399 e. The van der Waals surface area contributed by atoms with Gasteiger partial charge in [0.05, 0.1) is 25.8 Å². The summed E-state index contributed by atoms with van der Waals surface area (Å²) < 4.78 is 0. The predicted molar refractivity (Wildman–Crippen MR) is 81.7 cm³/mol. The van der Waals surface area contributed by atoms with Crippen LogP contribution in [0.4, 0.5) is 11.4 Å². The molecule has 0 unspecified atom stereocenters. The lowest BCUT2D eigenvalue weighted by molar-refractivity contribution is 1.68. The molecule has 0 atom stereocenters. The Morgan fingerprint density at radius 2 is 1.39 bits per heavy atom. The van der Waals surface area contributed by atoms with E-state index in [-0.39, 0.29) is 0 Å². The molecule has 0 saturated carbocycles. The predicted octanol–water partition coefficient (Wildman–Crippen LogP) is 5.15. The smallest absolute Gasteiger partial charge is 0.0821 e. The Balaban J connectivity index is 0.000000180. The van der Waals surface area contributed by atoms with Crippen LogP contribution in [-0.2, 0) is 0 Å². The van der Waals surface area contributed by atoms with Crippen LogP contribution in [0, 0.1) is 0 Å². The van der Waals surface area contributed by atoms with E-state index >= 15 is 0 Å². The maximum atomic E-state index is 5.62. The van der Waals surface area contributed by atoms with E-state index < -0.39 is 0 Å². The van der Waals surface area contributed by atoms with Crippen molar-refractivity contribution in [3.63, 3.8) is 0 Å². The summed E-state index contributed by atoms with van der Waals surface area (Å²) in [5.74, 6) is 0. The third-order valence-corrected chi connectivity index (χ3v) is 3.50. The number of rotatable bonds is 0. The van der Waals surface area contributed by atoms with E-state index in [9.17, 15) is 0 Å². The molecule has 0 aliphatic carbocycles. The Morgan fingerprint density at radius 3 is 1.83 bits per heavy atom. The minimum atomic E-state index is 0.430. The molecule has 2 aromatic rings. The van der Waals surface area contributed by atoms with Gasteiger partial charge in [0.15, 0.2) is 0 Å². The standard InChI is InChI=1S/2C6H5Cl2N/c7-5-2-1-4(9)3-6(5)8;7-4-2-1-3-5(9)6(4)8/h2*1-3H,9H2. The van der Waals surface area contributed by atoms with Crippen LogP contribution < -0.4 is 11.5 Å². The van der Waals surface area contributed by atoms with Crippen LogP contribution in [0.3, 0.4) is 0 Å². The molecule has 96 valence electrons. The molecule has 0 heterocycles. The van der Waals surface area contributed by atoms with Gasteiger partial charge in [-0.3, -0.25) is 0 Å². The summed E-state index contributed by atoms with van der Waals surface area (Å²) in [6.07, 6.45) is 0. The second-order valence-electron chi connectivity index (χ2n) is 3.32. The fourth-order valence-corrected chi connectivity index (χ4v) is 1.65. The average molecular weight is 324 g/mol. The lowest BCUT2D eigenvalue weighted by Gasteiger charge is -1.96. The van der Waals surface area contributed by atoms with Crippen molar-refractivity contribution in [2.24, 2.45) is 0 Å². The van der Waals surface area contributed by atoms with Crippen LogP contribution in [0.25, 0.3) is 0 Å². The first-order valence-corrected chi connectivity index (χ1v) is 6.33. The van der Waals surface area contributed by atoms with Gasteiger partial charge in [-0.1, -0.05) is 52.5 Å². The highest BCUT2D eigenvalue weighted by molar-refractivity contribution is 6.43. The van der Waals surface area contributed by atoms with E-state index in [4.69, 9.17) is 57.9 Å². The van der Waals surface area contributed by atoms with Crippen molar-refractivity contribution in [2.45, 2.75) is 0 Å². The van der Waals surface area contributed by atoms with Gasteiger partial charge in [-0.15, -0.1) is 0 Å². The van der Waals surface area contributed by atoms with Crippen molar-refractivity contribution in [3.05, 3.63) is 56.5 Å². The first kappa shape index (κ1) is 15.3. The summed E-state index contributed by atoms with van der Waals surface area (Å²) in [6.45, 7) is 0. The maximum Gasteiger partial charge on any atom is 0.0821 e. The Morgan fingerprint density at radius 1 is 0.722 bits per heavy atom. The van der Waals surface area contributed by atoms with Crippen molar-refractivity contribution in [1.29, 1.82) is 0 Å². The maximum absolute atomic E-state index is 5.62. The third kappa shape index (κ3) is 4.46. The zero-order valence-electron chi connectivity index (χ0n) is 9.13. The van der Waals surface area contributed by atoms with Crippen molar-refractivity contribution in [1.82, 2.24) is 0 Å². The number of hydrogen-bond acceptors (Lipinski definition) is 2. The Bertz CT molecular complexity index is 523. The topological polar surface area (TPSA) is 52.0 Å². The fraction of sp³-hybridized carbons (Fsp3) is 0. The Kier molecular flexibility index (Phi) is 5.89. The van der Waals surface area contributed by atoms with Gasteiger partial charge >= 0.3 is 0 Å². The molecule has 0 amide bonds. The summed E-state index contributed by atoms with van der Waals surface area (Å²) in [7, 11) is 0. The number of nitrogen functional groups attached to an aromatic ring is 2. The van der Waals surface area contributed by atoms with E-state index in [1.165, 1.54) is 0 Å². The zero-order chi connectivity index (χ0) is 13.7. The number of anilines is 2. The van der Waals surface area contributed by atoms with Gasteiger partial charge < -0.3 is 11.5 Å². The molecule has 2 rings (SSSR count). The number of hydrogen-bond donors (Lipinski definition) is 2. The van der Waals surface area contributed by atoms with Crippen molar-refractivity contribution in [3.8, 4) is 0 Å². The SMILES string of the molecule is Nc1ccc(Cl)c(Cl)c1.Nc1cccc(Cl)c1Cl. The average Bonchev–Trinajstić information content (AvgIpc) is 2.32. The van der Waals surface area contributed by atoms with E-state index in [1.54, 1.807) is 36.4 Å². The molecule has 0 radical (unpaired) electrons. The summed E-state index contributed by atoms with van der Waals surface area (Å²) >= 11 is 22.4. The van der Waals surface area contributed by atoms with Crippen LogP contribution in [0.2, 0.25) is 20.1 Å². The molecule has 0 aromatic heterocycles. The lowest BCUT2D eigenvalue weighted by atomic mass is 10.3. The van der Waals surface area contributed by atoms with Crippen LogP contribution in [0.15, 0.2) is 36.4 Å². The van der Waals surface area contributed by atoms with Gasteiger partial charge in [0.25, 0.3) is 0 Å². The van der Waals surface area contributed by atoms with E-state index in [2.05, 4.69) is 0 Å². The van der Waals surface area contributed by atoms with Crippen LogP contribution in [-0.4, -0.2) is 0 Å². The molecule has 0 fully saturated rings. The molecule has 0 saturated heterocycles. The van der Waals surface area contributed by atoms with Crippen LogP contribution in [0.1, 0.15) is 0 Å². The Labute approximate surface area is 125 Å². The highest BCUT2D eigenvalue weighted by Gasteiger charge is 1.97. The molecular formula is C12H10Cl4N2. The normalized spacial score (nSPS) is 9.56. The van der Waals surface area contributed by atoms with Crippen LogP contribution in [0.5, 0.6) is 0 Å². The molecule has 0 aliphatic heterocycles. The van der Waals surface area contributed by atoms with Gasteiger partial charge in [-0.2, -0.15) is 0 Å². The highest BCUT2D eigenvalue weighted by atomic mass is 35.5. The fourth-order valence-electron chi connectivity index (χ4n) is 1.03. The minimum absolute atomic E-state index is 0.430. The van der Waals surface area contributed by atoms with Gasteiger partial charge in [-0.25, -0.2) is 0 Å². The van der Waals surface area contributed by atoms with Crippen LogP contribution >= 0.6 is 46.4 Å². The minimum Gasteiger partial charge on any atom is -0.399 e. The van der Waals surface area contributed by atoms with Gasteiger partial charge in [-0.05, 0) is 30.3 Å². The number of benzene rings is 2. The molecular weight excluding hydrogens is 314 g/mol. The first-order valence-electron chi connectivity index (χ1n) is 4.82. The Hall–Kier alpha value is -0.800. The molecule has 0 aliphatic rings. The monoisotopic (exact) mass is 322 g/mol. The van der Waals surface area contributed by atoms with E-state index in [0.717, 1.165) is 0 Å². The van der Waals surface area contributed by atoms with E-state index in [1.807, 2.05) is 0 Å². The molecule has 0 bridgehead atoms. The molecule has 0 spiro atoms. The van der Waals surface area contributed by atoms with Crippen molar-refractivity contribution >= 4 is 57.8 Å². The number of halogens is 4. The molecule has 18 heavy (non-hydrogen) atoms. The quantitative estimate of drug-likeness (QED) is 0.658. The van der Waals surface area contributed by atoms with Crippen molar-refractivity contribution in [2.75, 3.05) is 11.5 Å². The summed E-state index contributed by atoms with van der Waals surface area (Å²) in [5, 5.41) is 1.96. The van der Waals surface area contributed by atoms with Gasteiger partial charge in [0, 0.05) is 5.69 Å². The molecule has 4 N–H and O–H groups in total. The van der Waals surface area contributed by atoms with E-state index in [0.29, 0.717) is 31.5 Å². The molecule has 2 nitrogen and oxygen atoms in total. The molecule has 2 aromatic carbocycles. The zero-order valence-corrected chi connectivity index (χ0v) is 12.2. The first-order chi connectivity index (χ1) is 8.41. The van der Waals surface area contributed by atoms with Gasteiger partial charge in [0.1, 0.15) is 0 Å². The lowest BCUT2D eigenvalue weighted by Crippen LogP contribution is -1.84. The summed E-state index contributed by atoms with van der Waals surface area (Å²) in [4.78, 5) is 0. The second-order valence-corrected chi connectivity index (χ2v) is 4.92. The second kappa shape index (κ2) is 6.95.